The summed E-state index contributed by atoms with van der Waals surface area (Å²) < 4.78 is 6.28. The molecule has 0 fully saturated rings. The second-order valence-electron chi connectivity index (χ2n) is 5.40. The number of carbonyl (C=O) groups is 1. The van der Waals surface area contributed by atoms with Crippen LogP contribution in [0.3, 0.4) is 0 Å². The quantitative estimate of drug-likeness (QED) is 0.496. The average molecular weight is 418 g/mol. The Labute approximate surface area is 158 Å². The van der Waals surface area contributed by atoms with Gasteiger partial charge in [0.2, 0.25) is 0 Å². The summed E-state index contributed by atoms with van der Waals surface area (Å²) in [7, 11) is 0. The number of carbonyl (C=O) groups excluding carboxylic acids is 1. The highest BCUT2D eigenvalue weighted by Crippen LogP contribution is 2.25. The van der Waals surface area contributed by atoms with Crippen LogP contribution in [-0.2, 0) is 16.1 Å². The molecular formula is C18H16BrN3O2S. The second-order valence-corrected chi connectivity index (χ2v) is 7.33. The van der Waals surface area contributed by atoms with Gasteiger partial charge in [-0.3, -0.25) is 4.79 Å². The standard InChI is InChI=1S/C18H16BrN3O2S/c1-11-8-12(19)6-7-15(11)25-10-17(23)24-9-16-21-14-5-3-2-4-13(14)18(20)22-16/h2-8H,9-10H2,1H3,(H2,20,21,22). The highest BCUT2D eigenvalue weighted by Gasteiger charge is 2.10. The molecule has 0 aliphatic rings. The first-order valence-corrected chi connectivity index (χ1v) is 9.36. The number of thioether (sulfide) groups is 1. The van der Waals surface area contributed by atoms with Crippen LogP contribution in [0, 0.1) is 6.92 Å². The Hall–Kier alpha value is -2.12. The molecule has 0 aliphatic heterocycles. The number of aromatic nitrogens is 2. The van der Waals surface area contributed by atoms with E-state index in [1.165, 1.54) is 11.8 Å². The number of anilines is 1. The largest absolute Gasteiger partial charge is 0.457 e. The monoisotopic (exact) mass is 417 g/mol. The van der Waals surface area contributed by atoms with Crippen LogP contribution in [-0.4, -0.2) is 21.7 Å². The molecule has 128 valence electrons. The van der Waals surface area contributed by atoms with Crippen molar-refractivity contribution in [2.45, 2.75) is 18.4 Å². The smallest absolute Gasteiger partial charge is 0.316 e. The van der Waals surface area contributed by atoms with Gasteiger partial charge in [0.25, 0.3) is 0 Å². The van der Waals surface area contributed by atoms with Gasteiger partial charge in [-0.2, -0.15) is 0 Å². The number of rotatable bonds is 5. The molecule has 25 heavy (non-hydrogen) atoms. The van der Waals surface area contributed by atoms with Crippen LogP contribution < -0.4 is 5.73 Å². The van der Waals surface area contributed by atoms with E-state index in [-0.39, 0.29) is 18.3 Å². The molecule has 1 heterocycles. The number of nitrogens with zero attached hydrogens (tertiary/aromatic N) is 2. The minimum Gasteiger partial charge on any atom is -0.457 e. The van der Waals surface area contributed by atoms with Crippen LogP contribution in [0.2, 0.25) is 0 Å². The van der Waals surface area contributed by atoms with Crippen molar-refractivity contribution in [1.29, 1.82) is 0 Å². The summed E-state index contributed by atoms with van der Waals surface area (Å²) >= 11 is 4.87. The Morgan fingerprint density at radius 3 is 2.84 bits per heavy atom. The lowest BCUT2D eigenvalue weighted by molar-refractivity contribution is -0.141. The van der Waals surface area contributed by atoms with Gasteiger partial charge in [0.15, 0.2) is 12.4 Å². The minimum absolute atomic E-state index is 0.00769. The zero-order valence-electron chi connectivity index (χ0n) is 13.5. The molecular weight excluding hydrogens is 402 g/mol. The van der Waals surface area contributed by atoms with E-state index in [1.54, 1.807) is 0 Å². The molecule has 3 aromatic rings. The summed E-state index contributed by atoms with van der Waals surface area (Å²) in [6, 6.07) is 13.4. The normalized spacial score (nSPS) is 10.8. The SMILES string of the molecule is Cc1cc(Br)ccc1SCC(=O)OCc1nc(N)c2ccccc2n1. The zero-order valence-corrected chi connectivity index (χ0v) is 15.9. The molecule has 0 aliphatic carbocycles. The maximum absolute atomic E-state index is 12.0. The van der Waals surface area contributed by atoms with Crippen molar-refractivity contribution in [2.24, 2.45) is 0 Å². The van der Waals surface area contributed by atoms with Crippen molar-refractivity contribution in [3.05, 3.63) is 58.3 Å². The lowest BCUT2D eigenvalue weighted by atomic mass is 10.2. The van der Waals surface area contributed by atoms with Gasteiger partial charge in [0.1, 0.15) is 5.82 Å². The number of nitrogens with two attached hydrogens (primary N) is 1. The molecule has 0 bridgehead atoms. The Bertz CT molecular complexity index is 933. The summed E-state index contributed by atoms with van der Waals surface area (Å²) in [5.74, 6) is 0.694. The number of esters is 1. The van der Waals surface area contributed by atoms with Gasteiger partial charge in [0, 0.05) is 14.8 Å². The summed E-state index contributed by atoms with van der Waals surface area (Å²) in [4.78, 5) is 21.6. The van der Waals surface area contributed by atoms with Crippen LogP contribution in [0.25, 0.3) is 10.9 Å². The van der Waals surface area contributed by atoms with Crippen molar-refractivity contribution in [1.82, 2.24) is 9.97 Å². The van der Waals surface area contributed by atoms with Gasteiger partial charge in [-0.1, -0.05) is 28.1 Å². The maximum atomic E-state index is 12.0. The molecule has 0 atom stereocenters. The Morgan fingerprint density at radius 1 is 1.24 bits per heavy atom. The number of halogens is 1. The number of fused-ring (bicyclic) bond motifs is 1. The molecule has 0 saturated heterocycles. The third-order valence-electron chi connectivity index (χ3n) is 3.52. The first kappa shape index (κ1) is 17.7. The van der Waals surface area contributed by atoms with Crippen LogP contribution in [0.5, 0.6) is 0 Å². The van der Waals surface area contributed by atoms with Crippen LogP contribution in [0.4, 0.5) is 5.82 Å². The fraction of sp³-hybridized carbons (Fsp3) is 0.167. The van der Waals surface area contributed by atoms with Crippen LogP contribution >= 0.6 is 27.7 Å². The van der Waals surface area contributed by atoms with Gasteiger partial charge < -0.3 is 10.5 Å². The van der Waals surface area contributed by atoms with E-state index < -0.39 is 0 Å². The third-order valence-corrected chi connectivity index (χ3v) is 5.17. The van der Waals surface area contributed by atoms with E-state index in [0.717, 1.165) is 25.8 Å². The minimum atomic E-state index is -0.317. The highest BCUT2D eigenvalue weighted by atomic mass is 79.9. The van der Waals surface area contributed by atoms with Crippen LogP contribution in [0.1, 0.15) is 11.4 Å². The van der Waals surface area contributed by atoms with Crippen molar-refractivity contribution in [2.75, 3.05) is 11.5 Å². The summed E-state index contributed by atoms with van der Waals surface area (Å²) in [5.41, 5.74) is 7.77. The van der Waals surface area contributed by atoms with Crippen LogP contribution in [0.15, 0.2) is 51.8 Å². The summed E-state index contributed by atoms with van der Waals surface area (Å²) in [5, 5.41) is 0.791. The topological polar surface area (TPSA) is 78.1 Å². The van der Waals surface area contributed by atoms with E-state index in [4.69, 9.17) is 10.5 Å². The maximum Gasteiger partial charge on any atom is 0.316 e. The fourth-order valence-corrected chi connectivity index (χ4v) is 3.60. The first-order valence-electron chi connectivity index (χ1n) is 7.58. The predicted octanol–water partition coefficient (Wildman–Crippen LogP) is 4.12. The highest BCUT2D eigenvalue weighted by molar-refractivity contribution is 9.10. The van der Waals surface area contributed by atoms with Gasteiger partial charge in [-0.25, -0.2) is 9.97 Å². The van der Waals surface area contributed by atoms with Gasteiger partial charge >= 0.3 is 5.97 Å². The molecule has 0 radical (unpaired) electrons. The number of hydrogen-bond donors (Lipinski definition) is 1. The molecule has 2 aromatic carbocycles. The van der Waals surface area contributed by atoms with E-state index in [1.807, 2.05) is 49.4 Å². The average Bonchev–Trinajstić information content (AvgIpc) is 2.59. The number of aryl methyl sites for hydroxylation is 1. The fourth-order valence-electron chi connectivity index (χ4n) is 2.31. The van der Waals surface area contributed by atoms with E-state index in [2.05, 4.69) is 25.9 Å². The number of para-hydroxylation sites is 1. The van der Waals surface area contributed by atoms with Gasteiger partial charge in [-0.05, 0) is 42.8 Å². The Kier molecular flexibility index (Phi) is 5.55. The molecule has 3 rings (SSSR count). The molecule has 2 N–H and O–H groups in total. The zero-order chi connectivity index (χ0) is 17.8. The molecule has 0 amide bonds. The number of ether oxygens (including phenoxy) is 1. The number of hydrogen-bond acceptors (Lipinski definition) is 6. The Balaban J connectivity index is 1.59. The number of benzene rings is 2. The first-order chi connectivity index (χ1) is 12.0. The summed E-state index contributed by atoms with van der Waals surface area (Å²) in [6.07, 6.45) is 0. The van der Waals surface area contributed by atoms with E-state index >= 15 is 0 Å². The number of nitrogen functional groups attached to an aromatic ring is 1. The van der Waals surface area contributed by atoms with E-state index in [9.17, 15) is 4.79 Å². The molecule has 1 aromatic heterocycles. The van der Waals surface area contributed by atoms with Crippen molar-refractivity contribution in [3.63, 3.8) is 0 Å². The van der Waals surface area contributed by atoms with Gasteiger partial charge in [0.05, 0.1) is 11.3 Å². The molecule has 5 nitrogen and oxygen atoms in total. The second kappa shape index (κ2) is 7.84. The molecule has 0 unspecified atom stereocenters. The van der Waals surface area contributed by atoms with E-state index in [0.29, 0.717) is 11.6 Å². The lowest BCUT2D eigenvalue weighted by Gasteiger charge is -2.08. The van der Waals surface area contributed by atoms with Gasteiger partial charge in [-0.15, -0.1) is 11.8 Å². The molecule has 7 heteroatoms. The predicted molar refractivity (Wildman–Crippen MR) is 103 cm³/mol. The molecule has 0 spiro atoms. The third kappa shape index (κ3) is 4.49. The van der Waals surface area contributed by atoms with Crippen molar-refractivity contribution >= 4 is 50.4 Å². The van der Waals surface area contributed by atoms with Crippen molar-refractivity contribution < 1.29 is 9.53 Å². The lowest BCUT2D eigenvalue weighted by Crippen LogP contribution is -2.10. The Morgan fingerprint density at radius 2 is 2.04 bits per heavy atom. The summed E-state index contributed by atoms with van der Waals surface area (Å²) in [6.45, 7) is 2.01. The molecule has 0 saturated carbocycles. The van der Waals surface area contributed by atoms with Crippen molar-refractivity contribution in [3.8, 4) is 0 Å².